The third kappa shape index (κ3) is 8.00. The van der Waals surface area contributed by atoms with Crippen LogP contribution in [0.15, 0.2) is 15.5 Å². The molecule has 0 atom stereocenters. The van der Waals surface area contributed by atoms with Crippen LogP contribution in [0.5, 0.6) is 0 Å². The van der Waals surface area contributed by atoms with Crippen molar-refractivity contribution in [3.63, 3.8) is 0 Å². The molecule has 0 saturated carbocycles. The summed E-state index contributed by atoms with van der Waals surface area (Å²) < 4.78 is 15.5. The van der Waals surface area contributed by atoms with Crippen molar-refractivity contribution >= 4 is 35.9 Å². The number of aliphatic imine (C=N–C) groups is 1. The number of nitrogens with one attached hydrogen (secondary N) is 2. The minimum Gasteiger partial charge on any atom is -0.465 e. The molecule has 2 N–H and O–H groups in total. The van der Waals surface area contributed by atoms with Crippen LogP contribution in [-0.4, -0.2) is 45.8 Å². The number of ether oxygens (including phenoxy) is 2. The number of furan rings is 1. The third-order valence-electron chi connectivity index (χ3n) is 3.24. The minimum absolute atomic E-state index is 0. The van der Waals surface area contributed by atoms with Gasteiger partial charge in [0.25, 0.3) is 0 Å². The van der Waals surface area contributed by atoms with E-state index in [1.807, 2.05) is 6.92 Å². The molecule has 1 heterocycles. The van der Waals surface area contributed by atoms with Crippen molar-refractivity contribution in [1.29, 1.82) is 0 Å². The number of aryl methyl sites for hydroxylation is 1. The molecule has 0 amide bonds. The van der Waals surface area contributed by atoms with Crippen LogP contribution in [0.3, 0.4) is 0 Å². The SMILES string of the molecule is CCOCCCCNC(=NC)NCc1cc(C(=O)OC)c(C)o1.I. The van der Waals surface area contributed by atoms with Crippen molar-refractivity contribution in [3.05, 3.63) is 23.2 Å². The molecule has 0 spiro atoms. The summed E-state index contributed by atoms with van der Waals surface area (Å²) in [5.41, 5.74) is 0.447. The Morgan fingerprint density at radius 1 is 1.33 bits per heavy atom. The van der Waals surface area contributed by atoms with Gasteiger partial charge >= 0.3 is 5.97 Å². The Labute approximate surface area is 160 Å². The van der Waals surface area contributed by atoms with Gasteiger partial charge in [-0.15, -0.1) is 24.0 Å². The van der Waals surface area contributed by atoms with Gasteiger partial charge in [0.15, 0.2) is 5.96 Å². The smallest absolute Gasteiger partial charge is 0.341 e. The summed E-state index contributed by atoms with van der Waals surface area (Å²) in [5.74, 6) is 1.50. The molecule has 7 nitrogen and oxygen atoms in total. The average molecular weight is 453 g/mol. The van der Waals surface area contributed by atoms with Gasteiger partial charge in [-0.1, -0.05) is 0 Å². The van der Waals surface area contributed by atoms with E-state index in [0.717, 1.165) is 32.6 Å². The van der Waals surface area contributed by atoms with E-state index in [2.05, 4.69) is 15.6 Å². The Morgan fingerprint density at radius 3 is 2.71 bits per heavy atom. The van der Waals surface area contributed by atoms with Crippen molar-refractivity contribution in [2.75, 3.05) is 33.9 Å². The molecule has 0 radical (unpaired) electrons. The first-order valence-corrected chi connectivity index (χ1v) is 7.82. The normalized spacial score (nSPS) is 10.9. The third-order valence-corrected chi connectivity index (χ3v) is 3.24. The van der Waals surface area contributed by atoms with Crippen LogP contribution in [0.4, 0.5) is 0 Å². The number of guanidine groups is 1. The van der Waals surface area contributed by atoms with Crippen LogP contribution in [0.2, 0.25) is 0 Å². The average Bonchev–Trinajstić information content (AvgIpc) is 2.93. The molecule has 138 valence electrons. The molecular formula is C16H28IN3O4. The Kier molecular flexibility index (Phi) is 12.4. The summed E-state index contributed by atoms with van der Waals surface area (Å²) in [6.45, 7) is 6.53. The van der Waals surface area contributed by atoms with Crippen LogP contribution in [0.1, 0.15) is 41.6 Å². The highest BCUT2D eigenvalue weighted by atomic mass is 127. The highest BCUT2D eigenvalue weighted by Gasteiger charge is 2.15. The molecule has 0 aliphatic heterocycles. The molecule has 0 aromatic carbocycles. The first-order valence-electron chi connectivity index (χ1n) is 7.82. The van der Waals surface area contributed by atoms with Gasteiger partial charge in [0, 0.05) is 26.8 Å². The minimum atomic E-state index is -0.394. The van der Waals surface area contributed by atoms with Gasteiger partial charge in [-0.2, -0.15) is 0 Å². The largest absolute Gasteiger partial charge is 0.465 e. The lowest BCUT2D eigenvalue weighted by atomic mass is 10.2. The molecule has 0 saturated heterocycles. The van der Waals surface area contributed by atoms with E-state index in [1.54, 1.807) is 20.0 Å². The van der Waals surface area contributed by atoms with Crippen molar-refractivity contribution in [3.8, 4) is 0 Å². The fraction of sp³-hybridized carbons (Fsp3) is 0.625. The molecule has 0 fully saturated rings. The summed E-state index contributed by atoms with van der Waals surface area (Å²) in [5, 5.41) is 6.37. The van der Waals surface area contributed by atoms with E-state index >= 15 is 0 Å². The zero-order valence-electron chi connectivity index (χ0n) is 14.8. The quantitative estimate of drug-likeness (QED) is 0.197. The number of methoxy groups -OCH3 is 1. The summed E-state index contributed by atoms with van der Waals surface area (Å²) in [6, 6.07) is 1.68. The molecule has 8 heteroatoms. The molecule has 0 unspecified atom stereocenters. The molecular weight excluding hydrogens is 425 g/mol. The molecule has 0 bridgehead atoms. The number of unbranched alkanes of at least 4 members (excludes halogenated alkanes) is 1. The van der Waals surface area contributed by atoms with Crippen molar-refractivity contribution in [1.82, 2.24) is 10.6 Å². The number of esters is 1. The summed E-state index contributed by atoms with van der Waals surface area (Å²) in [4.78, 5) is 15.7. The first-order chi connectivity index (χ1) is 11.1. The van der Waals surface area contributed by atoms with Crippen LogP contribution in [-0.2, 0) is 16.0 Å². The van der Waals surface area contributed by atoms with Crippen molar-refractivity contribution in [2.24, 2.45) is 4.99 Å². The van der Waals surface area contributed by atoms with Crippen LogP contribution in [0, 0.1) is 6.92 Å². The fourth-order valence-electron chi connectivity index (χ4n) is 2.02. The monoisotopic (exact) mass is 453 g/mol. The summed E-state index contributed by atoms with van der Waals surface area (Å²) >= 11 is 0. The van der Waals surface area contributed by atoms with Gasteiger partial charge in [-0.3, -0.25) is 4.99 Å². The summed E-state index contributed by atoms with van der Waals surface area (Å²) in [6.07, 6.45) is 2.02. The highest BCUT2D eigenvalue weighted by Crippen LogP contribution is 2.15. The number of hydrogen-bond donors (Lipinski definition) is 2. The van der Waals surface area contributed by atoms with Crippen LogP contribution < -0.4 is 10.6 Å². The van der Waals surface area contributed by atoms with Gasteiger partial charge in [0.1, 0.15) is 17.1 Å². The van der Waals surface area contributed by atoms with Gasteiger partial charge in [-0.25, -0.2) is 4.79 Å². The standard InChI is InChI=1S/C16H27N3O4.HI/c1-5-22-9-7-6-8-18-16(17-3)19-11-13-10-14(12(2)23-13)15(20)21-4;/h10H,5-9,11H2,1-4H3,(H2,17,18,19);1H. The number of halogens is 1. The fourth-order valence-corrected chi connectivity index (χ4v) is 2.02. The number of carbonyl (C=O) groups is 1. The zero-order chi connectivity index (χ0) is 17.1. The van der Waals surface area contributed by atoms with E-state index in [1.165, 1.54) is 7.11 Å². The second-order valence-electron chi connectivity index (χ2n) is 4.93. The molecule has 0 aliphatic rings. The molecule has 1 aromatic rings. The second kappa shape index (κ2) is 13.1. The number of carbonyl (C=O) groups excluding carboxylic acids is 1. The maximum atomic E-state index is 11.5. The maximum absolute atomic E-state index is 11.5. The second-order valence-corrected chi connectivity index (χ2v) is 4.93. The maximum Gasteiger partial charge on any atom is 0.341 e. The van der Waals surface area contributed by atoms with E-state index in [0.29, 0.717) is 29.6 Å². The Hall–Kier alpha value is -1.29. The molecule has 1 aromatic heterocycles. The topological polar surface area (TPSA) is 85.1 Å². The van der Waals surface area contributed by atoms with Crippen molar-refractivity contribution in [2.45, 2.75) is 33.2 Å². The number of hydrogen-bond acceptors (Lipinski definition) is 5. The number of nitrogens with zero attached hydrogens (tertiary/aromatic N) is 1. The zero-order valence-corrected chi connectivity index (χ0v) is 17.1. The lowest BCUT2D eigenvalue weighted by Gasteiger charge is -2.10. The molecule has 1 rings (SSSR count). The van der Waals surface area contributed by atoms with E-state index in [-0.39, 0.29) is 24.0 Å². The lowest BCUT2D eigenvalue weighted by Crippen LogP contribution is -2.37. The summed E-state index contributed by atoms with van der Waals surface area (Å²) in [7, 11) is 3.06. The first kappa shape index (κ1) is 22.7. The van der Waals surface area contributed by atoms with Gasteiger partial charge < -0.3 is 24.5 Å². The van der Waals surface area contributed by atoms with Gasteiger partial charge in [0.05, 0.1) is 13.7 Å². The van der Waals surface area contributed by atoms with E-state index < -0.39 is 5.97 Å². The van der Waals surface area contributed by atoms with E-state index in [9.17, 15) is 4.79 Å². The predicted molar refractivity (Wildman–Crippen MR) is 104 cm³/mol. The lowest BCUT2D eigenvalue weighted by molar-refractivity contribution is 0.0599. The molecule has 0 aliphatic carbocycles. The number of rotatable bonds is 9. The van der Waals surface area contributed by atoms with Gasteiger partial charge in [-0.05, 0) is 32.8 Å². The highest BCUT2D eigenvalue weighted by molar-refractivity contribution is 14.0. The molecule has 24 heavy (non-hydrogen) atoms. The van der Waals surface area contributed by atoms with Gasteiger partial charge in [0.2, 0.25) is 0 Å². The predicted octanol–water partition coefficient (Wildman–Crippen LogP) is 2.47. The van der Waals surface area contributed by atoms with Crippen LogP contribution in [0.25, 0.3) is 0 Å². The Balaban J connectivity index is 0.00000529. The van der Waals surface area contributed by atoms with Crippen LogP contribution >= 0.6 is 24.0 Å². The Bertz CT molecular complexity index is 517. The van der Waals surface area contributed by atoms with E-state index in [4.69, 9.17) is 13.9 Å². The Morgan fingerprint density at radius 2 is 2.08 bits per heavy atom. The van der Waals surface area contributed by atoms with Crippen molar-refractivity contribution < 1.29 is 18.7 Å².